The van der Waals surface area contributed by atoms with Gasteiger partial charge in [-0.2, -0.15) is 0 Å². The third-order valence-electron chi connectivity index (χ3n) is 2.79. The Bertz CT molecular complexity index is 557. The van der Waals surface area contributed by atoms with Crippen LogP contribution in [-0.2, 0) is 16.1 Å². The Hall–Kier alpha value is -1.79. The molecule has 20 heavy (non-hydrogen) atoms. The summed E-state index contributed by atoms with van der Waals surface area (Å²) in [5, 5.41) is 2.94. The molecule has 6 heteroatoms. The SMILES string of the molecule is COC(=O)CCN(C)Cc1csc(-c2ccccn2)n1. The van der Waals surface area contributed by atoms with Gasteiger partial charge in [0, 0.05) is 24.7 Å². The number of nitrogens with zero attached hydrogens (tertiary/aromatic N) is 3. The number of hydrogen-bond donors (Lipinski definition) is 0. The van der Waals surface area contributed by atoms with Crippen molar-refractivity contribution >= 4 is 17.3 Å². The zero-order chi connectivity index (χ0) is 14.4. The Morgan fingerprint density at radius 3 is 3.00 bits per heavy atom. The van der Waals surface area contributed by atoms with Crippen LogP contribution in [0.25, 0.3) is 10.7 Å². The Morgan fingerprint density at radius 1 is 1.45 bits per heavy atom. The van der Waals surface area contributed by atoms with Crippen molar-refractivity contribution in [3.05, 3.63) is 35.5 Å². The highest BCUT2D eigenvalue weighted by Crippen LogP contribution is 2.21. The fourth-order valence-electron chi connectivity index (χ4n) is 1.73. The first-order valence-corrected chi connectivity index (χ1v) is 7.18. The van der Waals surface area contributed by atoms with Gasteiger partial charge in [-0.15, -0.1) is 11.3 Å². The summed E-state index contributed by atoms with van der Waals surface area (Å²) in [5.74, 6) is -0.190. The molecule has 0 aliphatic heterocycles. The van der Waals surface area contributed by atoms with Crippen molar-refractivity contribution in [2.45, 2.75) is 13.0 Å². The maximum atomic E-state index is 11.1. The van der Waals surface area contributed by atoms with Gasteiger partial charge in [0.2, 0.25) is 0 Å². The minimum Gasteiger partial charge on any atom is -0.469 e. The van der Waals surface area contributed by atoms with E-state index in [1.165, 1.54) is 7.11 Å². The number of aromatic nitrogens is 2. The fourth-order valence-corrected chi connectivity index (χ4v) is 2.51. The van der Waals surface area contributed by atoms with Crippen LogP contribution in [0.2, 0.25) is 0 Å². The van der Waals surface area contributed by atoms with E-state index in [9.17, 15) is 4.79 Å². The molecule has 2 aromatic heterocycles. The molecule has 0 aliphatic rings. The lowest BCUT2D eigenvalue weighted by Crippen LogP contribution is -2.22. The number of ether oxygens (including phenoxy) is 1. The van der Waals surface area contributed by atoms with Gasteiger partial charge in [-0.05, 0) is 19.2 Å². The normalized spacial score (nSPS) is 10.8. The number of hydrogen-bond acceptors (Lipinski definition) is 6. The van der Waals surface area contributed by atoms with Gasteiger partial charge in [0.1, 0.15) is 5.01 Å². The number of carbonyl (C=O) groups excluding carboxylic acids is 1. The van der Waals surface area contributed by atoms with E-state index < -0.39 is 0 Å². The molecule has 2 heterocycles. The van der Waals surface area contributed by atoms with Crippen molar-refractivity contribution in [3.8, 4) is 10.7 Å². The molecule has 0 unspecified atom stereocenters. The van der Waals surface area contributed by atoms with Gasteiger partial charge in [-0.25, -0.2) is 4.98 Å². The van der Waals surface area contributed by atoms with Crippen LogP contribution in [0.15, 0.2) is 29.8 Å². The Morgan fingerprint density at radius 2 is 2.30 bits per heavy atom. The van der Waals surface area contributed by atoms with Gasteiger partial charge in [-0.1, -0.05) is 6.07 Å². The van der Waals surface area contributed by atoms with Crippen LogP contribution >= 0.6 is 11.3 Å². The number of esters is 1. The molecule has 5 nitrogen and oxygen atoms in total. The maximum Gasteiger partial charge on any atom is 0.306 e. The Labute approximate surface area is 122 Å². The number of thiazole rings is 1. The van der Waals surface area contributed by atoms with Crippen LogP contribution in [0, 0.1) is 0 Å². The molecular formula is C14H17N3O2S. The van der Waals surface area contributed by atoms with Crippen LogP contribution in [-0.4, -0.2) is 41.5 Å². The van der Waals surface area contributed by atoms with Crippen LogP contribution < -0.4 is 0 Å². The van der Waals surface area contributed by atoms with Gasteiger partial charge in [0.15, 0.2) is 0 Å². The van der Waals surface area contributed by atoms with Gasteiger partial charge in [-0.3, -0.25) is 14.7 Å². The van der Waals surface area contributed by atoms with E-state index in [1.54, 1.807) is 17.5 Å². The van der Waals surface area contributed by atoms with Crippen molar-refractivity contribution < 1.29 is 9.53 Å². The molecule has 0 bridgehead atoms. The van der Waals surface area contributed by atoms with Crippen molar-refractivity contribution in [1.82, 2.24) is 14.9 Å². The molecule has 106 valence electrons. The second kappa shape index (κ2) is 7.12. The van der Waals surface area contributed by atoms with E-state index in [2.05, 4.69) is 14.7 Å². The van der Waals surface area contributed by atoms with E-state index in [4.69, 9.17) is 0 Å². The Balaban J connectivity index is 1.91. The quantitative estimate of drug-likeness (QED) is 0.764. The predicted molar refractivity (Wildman–Crippen MR) is 78.3 cm³/mol. The lowest BCUT2D eigenvalue weighted by atomic mass is 10.3. The monoisotopic (exact) mass is 291 g/mol. The lowest BCUT2D eigenvalue weighted by Gasteiger charge is -2.13. The van der Waals surface area contributed by atoms with E-state index in [0.29, 0.717) is 19.5 Å². The summed E-state index contributed by atoms with van der Waals surface area (Å²) < 4.78 is 4.63. The van der Waals surface area contributed by atoms with E-state index >= 15 is 0 Å². The molecule has 0 amide bonds. The molecule has 0 aromatic carbocycles. The topological polar surface area (TPSA) is 55.3 Å². The van der Waals surface area contributed by atoms with Crippen molar-refractivity contribution in [2.24, 2.45) is 0 Å². The van der Waals surface area contributed by atoms with Crippen LogP contribution in [0.3, 0.4) is 0 Å². The molecule has 0 fully saturated rings. The average Bonchev–Trinajstić information content (AvgIpc) is 2.94. The summed E-state index contributed by atoms with van der Waals surface area (Å²) in [5.41, 5.74) is 1.88. The van der Waals surface area contributed by atoms with Gasteiger partial charge >= 0.3 is 5.97 Å². The molecule has 0 spiro atoms. The molecule has 0 saturated heterocycles. The molecular weight excluding hydrogens is 274 g/mol. The van der Waals surface area contributed by atoms with Crippen molar-refractivity contribution in [1.29, 1.82) is 0 Å². The summed E-state index contributed by atoms with van der Waals surface area (Å²) in [4.78, 5) is 22.0. The zero-order valence-electron chi connectivity index (χ0n) is 11.6. The highest BCUT2D eigenvalue weighted by Gasteiger charge is 2.09. The highest BCUT2D eigenvalue weighted by atomic mass is 32.1. The predicted octanol–water partition coefficient (Wildman–Crippen LogP) is 2.20. The maximum absolute atomic E-state index is 11.1. The second-order valence-electron chi connectivity index (χ2n) is 4.42. The average molecular weight is 291 g/mol. The molecule has 0 atom stereocenters. The fraction of sp³-hybridized carbons (Fsp3) is 0.357. The third kappa shape index (κ3) is 4.11. The number of methoxy groups -OCH3 is 1. The summed E-state index contributed by atoms with van der Waals surface area (Å²) in [7, 11) is 3.37. The lowest BCUT2D eigenvalue weighted by molar-refractivity contribution is -0.140. The number of carbonyl (C=O) groups is 1. The summed E-state index contributed by atoms with van der Waals surface area (Å²) in [6, 6.07) is 5.79. The first-order chi connectivity index (χ1) is 9.69. The van der Waals surface area contributed by atoms with Crippen LogP contribution in [0.5, 0.6) is 0 Å². The van der Waals surface area contributed by atoms with Crippen LogP contribution in [0.1, 0.15) is 12.1 Å². The van der Waals surface area contributed by atoms with E-state index in [-0.39, 0.29) is 5.97 Å². The first-order valence-electron chi connectivity index (χ1n) is 6.30. The third-order valence-corrected chi connectivity index (χ3v) is 3.71. The van der Waals surface area contributed by atoms with Gasteiger partial charge in [0.25, 0.3) is 0 Å². The van der Waals surface area contributed by atoms with Gasteiger partial charge in [0.05, 0.1) is 24.9 Å². The number of rotatable bonds is 6. The summed E-state index contributed by atoms with van der Waals surface area (Å²) in [6.45, 7) is 1.36. The summed E-state index contributed by atoms with van der Waals surface area (Å²) >= 11 is 1.58. The van der Waals surface area contributed by atoms with Crippen molar-refractivity contribution in [2.75, 3.05) is 20.7 Å². The summed E-state index contributed by atoms with van der Waals surface area (Å²) in [6.07, 6.45) is 2.16. The number of pyridine rings is 1. The van der Waals surface area contributed by atoms with Crippen LogP contribution in [0.4, 0.5) is 0 Å². The molecule has 2 rings (SSSR count). The molecule has 0 aliphatic carbocycles. The molecule has 0 saturated carbocycles. The van der Waals surface area contributed by atoms with E-state index in [0.717, 1.165) is 16.4 Å². The molecule has 0 N–H and O–H groups in total. The minimum atomic E-state index is -0.190. The standard InChI is InChI=1S/C14H17N3O2S/c1-17(8-6-13(18)19-2)9-11-10-20-14(16-11)12-5-3-4-7-15-12/h3-5,7,10H,6,8-9H2,1-2H3. The van der Waals surface area contributed by atoms with Gasteiger partial charge < -0.3 is 4.74 Å². The first kappa shape index (κ1) is 14.6. The van der Waals surface area contributed by atoms with Crippen molar-refractivity contribution in [3.63, 3.8) is 0 Å². The second-order valence-corrected chi connectivity index (χ2v) is 5.28. The minimum absolute atomic E-state index is 0.190. The zero-order valence-corrected chi connectivity index (χ0v) is 12.4. The van der Waals surface area contributed by atoms with E-state index in [1.807, 2.05) is 35.5 Å². The molecule has 2 aromatic rings. The largest absolute Gasteiger partial charge is 0.469 e. The smallest absolute Gasteiger partial charge is 0.306 e. The Kier molecular flexibility index (Phi) is 5.20. The molecule has 0 radical (unpaired) electrons. The highest BCUT2D eigenvalue weighted by molar-refractivity contribution is 7.13.